The number of nitrogens with zero attached hydrogens (tertiary/aromatic N) is 1. The molecule has 0 spiro atoms. The van der Waals surface area contributed by atoms with Gasteiger partial charge in [0.2, 0.25) is 15.9 Å². The summed E-state index contributed by atoms with van der Waals surface area (Å²) in [7, 11) is -2.35. The second-order valence-electron chi connectivity index (χ2n) is 3.63. The van der Waals surface area contributed by atoms with Gasteiger partial charge in [-0.1, -0.05) is 18.2 Å². The van der Waals surface area contributed by atoms with E-state index in [0.717, 1.165) is 5.01 Å². The van der Waals surface area contributed by atoms with Gasteiger partial charge in [-0.15, -0.1) is 0 Å². The molecule has 8 heteroatoms. The molecule has 1 fully saturated rings. The number of amides is 1. The van der Waals surface area contributed by atoms with Crippen LogP contribution < -0.4 is 10.6 Å². The van der Waals surface area contributed by atoms with Crippen LogP contribution in [0.15, 0.2) is 35.0 Å². The highest BCUT2D eigenvalue weighted by Crippen LogP contribution is 2.18. The van der Waals surface area contributed by atoms with Gasteiger partial charge >= 0.3 is 6.09 Å². The third kappa shape index (κ3) is 2.44. The Bertz CT molecular complexity index is 624. The Labute approximate surface area is 104 Å². The zero-order chi connectivity index (χ0) is 13.3. The van der Waals surface area contributed by atoms with E-state index in [9.17, 15) is 13.2 Å². The second kappa shape index (κ2) is 4.31. The lowest BCUT2D eigenvalue weighted by Crippen LogP contribution is -2.27. The summed E-state index contributed by atoms with van der Waals surface area (Å²) in [6.07, 6.45) is 0.815. The van der Waals surface area contributed by atoms with Crippen LogP contribution in [0.4, 0.5) is 4.79 Å². The molecule has 0 saturated carbocycles. The fourth-order valence-corrected chi connectivity index (χ4v) is 2.18. The van der Waals surface area contributed by atoms with E-state index < -0.39 is 16.1 Å². The number of nitrogens with two attached hydrogens (primary N) is 1. The van der Waals surface area contributed by atoms with Crippen molar-refractivity contribution in [3.8, 4) is 0 Å². The molecule has 1 heterocycles. The fourth-order valence-electron chi connectivity index (χ4n) is 1.46. The molecule has 1 aromatic rings. The fraction of sp³-hybridized carbons (Fsp3) is 0.100. The lowest BCUT2D eigenvalue weighted by Gasteiger charge is -2.04. The van der Waals surface area contributed by atoms with Crippen molar-refractivity contribution in [3.05, 3.63) is 35.7 Å². The molecule has 0 unspecified atom stereocenters. The summed E-state index contributed by atoms with van der Waals surface area (Å²) >= 11 is 0. The quantitative estimate of drug-likeness (QED) is 0.799. The summed E-state index contributed by atoms with van der Waals surface area (Å²) in [5, 5.41) is 6.22. The summed E-state index contributed by atoms with van der Waals surface area (Å²) in [5.41, 5.74) is 2.96. The Kier molecular flexibility index (Phi) is 2.97. The third-order valence-corrected chi connectivity index (χ3v) is 3.25. The molecule has 1 aliphatic rings. The average molecular weight is 269 g/mol. The molecule has 1 saturated heterocycles. The number of hydrazine groups is 1. The van der Waals surface area contributed by atoms with E-state index in [0.29, 0.717) is 5.56 Å². The van der Waals surface area contributed by atoms with Crippen LogP contribution in [0.1, 0.15) is 5.56 Å². The van der Waals surface area contributed by atoms with Gasteiger partial charge in [0.15, 0.2) is 0 Å². The molecule has 1 amide bonds. The van der Waals surface area contributed by atoms with Gasteiger partial charge in [0.05, 0.1) is 4.90 Å². The first-order valence-electron chi connectivity index (χ1n) is 4.93. The van der Waals surface area contributed by atoms with Gasteiger partial charge in [0.1, 0.15) is 0 Å². The maximum absolute atomic E-state index is 11.4. The van der Waals surface area contributed by atoms with Gasteiger partial charge in [-0.2, -0.15) is 0 Å². The van der Waals surface area contributed by atoms with Crippen molar-refractivity contribution in [2.24, 2.45) is 5.14 Å². The lowest BCUT2D eigenvalue weighted by molar-refractivity contribution is 0.172. The topological polar surface area (TPSA) is 102 Å². The van der Waals surface area contributed by atoms with Crippen molar-refractivity contribution in [1.29, 1.82) is 0 Å². The average Bonchev–Trinajstić information content (AvgIpc) is 2.57. The van der Waals surface area contributed by atoms with Crippen molar-refractivity contribution in [2.75, 3.05) is 7.05 Å². The number of carbonyl (C=O) groups is 1. The number of ether oxygens (including phenoxy) is 1. The Morgan fingerprint density at radius 2 is 2.06 bits per heavy atom. The SMILES string of the molecule is CN1N/C(=C\c2ccccc2S(N)(=O)=O)OC1=O. The molecule has 0 bridgehead atoms. The number of nitrogens with one attached hydrogen (secondary N) is 1. The van der Waals surface area contributed by atoms with Crippen LogP contribution in [-0.2, 0) is 14.8 Å². The van der Waals surface area contributed by atoms with Crippen molar-refractivity contribution in [3.63, 3.8) is 0 Å². The second-order valence-corrected chi connectivity index (χ2v) is 5.16. The van der Waals surface area contributed by atoms with E-state index >= 15 is 0 Å². The van der Waals surface area contributed by atoms with E-state index in [1.165, 1.54) is 19.2 Å². The number of cyclic esters (lactones) is 1. The predicted molar refractivity (Wildman–Crippen MR) is 63.2 cm³/mol. The monoisotopic (exact) mass is 269 g/mol. The molecule has 0 atom stereocenters. The van der Waals surface area contributed by atoms with Crippen molar-refractivity contribution < 1.29 is 17.9 Å². The Morgan fingerprint density at radius 3 is 2.61 bits per heavy atom. The molecule has 2 rings (SSSR count). The smallest absolute Gasteiger partial charge is 0.391 e. The Hall–Kier alpha value is -2.06. The van der Waals surface area contributed by atoms with Gasteiger partial charge in [-0.3, -0.25) is 5.43 Å². The summed E-state index contributed by atoms with van der Waals surface area (Å²) in [5.74, 6) is 0.138. The minimum Gasteiger partial charge on any atom is -0.391 e. The highest BCUT2D eigenvalue weighted by atomic mass is 32.2. The minimum absolute atomic E-state index is 0.0371. The summed E-state index contributed by atoms with van der Waals surface area (Å²) in [4.78, 5) is 11.1. The molecule has 1 aliphatic heterocycles. The lowest BCUT2D eigenvalue weighted by atomic mass is 10.2. The van der Waals surface area contributed by atoms with Gasteiger partial charge in [-0.25, -0.2) is 23.4 Å². The van der Waals surface area contributed by atoms with E-state index in [2.05, 4.69) is 5.43 Å². The van der Waals surface area contributed by atoms with Crippen LogP contribution >= 0.6 is 0 Å². The first kappa shape index (κ1) is 12.4. The van der Waals surface area contributed by atoms with Crippen LogP contribution in [0.25, 0.3) is 6.08 Å². The molecule has 0 aromatic heterocycles. The normalized spacial score (nSPS) is 17.8. The molecular formula is C10H11N3O4S. The number of primary sulfonamides is 1. The third-order valence-electron chi connectivity index (χ3n) is 2.26. The summed E-state index contributed by atoms with van der Waals surface area (Å²) in [6.45, 7) is 0. The molecule has 7 nitrogen and oxygen atoms in total. The highest BCUT2D eigenvalue weighted by molar-refractivity contribution is 7.89. The van der Waals surface area contributed by atoms with Crippen LogP contribution in [-0.4, -0.2) is 26.6 Å². The summed E-state index contributed by atoms with van der Waals surface area (Å²) < 4.78 is 27.6. The zero-order valence-electron chi connectivity index (χ0n) is 9.45. The first-order chi connectivity index (χ1) is 8.38. The van der Waals surface area contributed by atoms with Crippen molar-refractivity contribution >= 4 is 22.2 Å². The summed E-state index contributed by atoms with van der Waals surface area (Å²) in [6, 6.07) is 6.15. The van der Waals surface area contributed by atoms with Crippen LogP contribution in [0.3, 0.4) is 0 Å². The molecule has 0 aliphatic carbocycles. The minimum atomic E-state index is -3.83. The predicted octanol–water partition coefficient (Wildman–Crippen LogP) is 0.219. The molecule has 96 valence electrons. The number of sulfonamides is 1. The van der Waals surface area contributed by atoms with Crippen LogP contribution in [0, 0.1) is 0 Å². The maximum atomic E-state index is 11.4. The number of hydrogen-bond acceptors (Lipinski definition) is 5. The molecule has 3 N–H and O–H groups in total. The van der Waals surface area contributed by atoms with Gasteiger partial charge in [0, 0.05) is 13.1 Å². The van der Waals surface area contributed by atoms with Crippen LogP contribution in [0.5, 0.6) is 0 Å². The molecule has 1 aromatic carbocycles. The largest absolute Gasteiger partial charge is 0.435 e. The Balaban J connectivity index is 2.42. The number of carbonyl (C=O) groups excluding carboxylic acids is 1. The first-order valence-corrected chi connectivity index (χ1v) is 6.48. The number of hydrogen-bond donors (Lipinski definition) is 2. The van der Waals surface area contributed by atoms with Crippen LogP contribution in [0.2, 0.25) is 0 Å². The molecular weight excluding hydrogens is 258 g/mol. The highest BCUT2D eigenvalue weighted by Gasteiger charge is 2.23. The number of benzene rings is 1. The van der Waals surface area contributed by atoms with E-state index in [1.807, 2.05) is 0 Å². The molecule has 0 radical (unpaired) electrons. The van der Waals surface area contributed by atoms with Gasteiger partial charge in [-0.05, 0) is 11.6 Å². The number of rotatable bonds is 2. The standard InChI is InChI=1S/C10H11N3O4S/c1-13-10(14)17-9(12-13)6-7-4-2-3-5-8(7)18(11,15)16/h2-6,12H,1H3,(H2,11,15,16)/b9-6+. The Morgan fingerprint density at radius 1 is 1.39 bits per heavy atom. The zero-order valence-corrected chi connectivity index (χ0v) is 10.3. The van der Waals surface area contributed by atoms with E-state index in [-0.39, 0.29) is 10.8 Å². The van der Waals surface area contributed by atoms with Gasteiger partial charge < -0.3 is 4.74 Å². The maximum Gasteiger partial charge on any atom is 0.435 e. The van der Waals surface area contributed by atoms with E-state index in [4.69, 9.17) is 9.88 Å². The van der Waals surface area contributed by atoms with Crippen molar-refractivity contribution in [1.82, 2.24) is 10.4 Å². The van der Waals surface area contributed by atoms with E-state index in [1.54, 1.807) is 18.2 Å². The van der Waals surface area contributed by atoms with Gasteiger partial charge in [0.25, 0.3) is 0 Å². The molecule has 18 heavy (non-hydrogen) atoms. The van der Waals surface area contributed by atoms with Crippen molar-refractivity contribution in [2.45, 2.75) is 4.90 Å².